The van der Waals surface area contributed by atoms with Crippen LogP contribution in [0, 0.1) is 0 Å². The van der Waals surface area contributed by atoms with E-state index < -0.39 is 11.5 Å². The number of carboxylic acids is 1. The summed E-state index contributed by atoms with van der Waals surface area (Å²) < 4.78 is 0. The second-order valence-electron chi connectivity index (χ2n) is 4.37. The molecule has 0 radical (unpaired) electrons. The molecule has 0 saturated heterocycles. The fraction of sp³-hybridized carbons (Fsp3) is 0.273. The third-order valence-electron chi connectivity index (χ3n) is 2.63. The van der Waals surface area contributed by atoms with Crippen molar-refractivity contribution in [2.45, 2.75) is 18.9 Å². The standard InChI is InChI=1S/C11H14N4O2.2ClH/c1-11(13,9(16)17)5-6-2-3-7-8(4-6)15-10(12)14-7;;/h2-4H,5,13H2,1H3,(H,16,17)(H3,12,14,15);2*1H/t11-;;/m0../s1. The molecular weight excluding hydrogens is 291 g/mol. The lowest BCUT2D eigenvalue weighted by Gasteiger charge is -2.18. The van der Waals surface area contributed by atoms with Crippen molar-refractivity contribution in [3.05, 3.63) is 23.8 Å². The van der Waals surface area contributed by atoms with Crippen molar-refractivity contribution in [1.29, 1.82) is 0 Å². The summed E-state index contributed by atoms with van der Waals surface area (Å²) in [5.74, 6) is -0.690. The Hall–Kier alpha value is -1.50. The third-order valence-corrected chi connectivity index (χ3v) is 2.63. The Labute approximate surface area is 122 Å². The number of aliphatic carboxylic acids is 1. The number of fused-ring (bicyclic) bond motifs is 1. The van der Waals surface area contributed by atoms with Crippen LogP contribution in [0.5, 0.6) is 0 Å². The van der Waals surface area contributed by atoms with E-state index in [1.807, 2.05) is 12.1 Å². The normalized spacial score (nSPS) is 13.2. The molecule has 1 aromatic carbocycles. The average Bonchev–Trinajstić information content (AvgIpc) is 2.56. The first-order valence-electron chi connectivity index (χ1n) is 5.15. The van der Waals surface area contributed by atoms with Crippen molar-refractivity contribution < 1.29 is 9.90 Å². The predicted molar refractivity (Wildman–Crippen MR) is 78.9 cm³/mol. The minimum atomic E-state index is -1.28. The highest BCUT2D eigenvalue weighted by molar-refractivity contribution is 5.85. The van der Waals surface area contributed by atoms with Crippen LogP contribution >= 0.6 is 24.8 Å². The fourth-order valence-corrected chi connectivity index (χ4v) is 1.68. The maximum atomic E-state index is 10.9. The highest BCUT2D eigenvalue weighted by Crippen LogP contribution is 2.18. The molecule has 0 amide bonds. The van der Waals surface area contributed by atoms with Gasteiger partial charge >= 0.3 is 5.97 Å². The van der Waals surface area contributed by atoms with Crippen LogP contribution in [0.15, 0.2) is 18.2 Å². The first-order chi connectivity index (χ1) is 7.88. The number of hydrogen-bond acceptors (Lipinski definition) is 4. The van der Waals surface area contributed by atoms with Gasteiger partial charge in [0.25, 0.3) is 0 Å². The van der Waals surface area contributed by atoms with Gasteiger partial charge in [0.15, 0.2) is 5.95 Å². The number of benzene rings is 1. The summed E-state index contributed by atoms with van der Waals surface area (Å²) in [6, 6.07) is 5.41. The molecule has 0 aliphatic carbocycles. The van der Waals surface area contributed by atoms with Gasteiger partial charge in [-0.1, -0.05) is 6.07 Å². The molecule has 0 unspecified atom stereocenters. The van der Waals surface area contributed by atoms with Gasteiger partial charge in [-0.15, -0.1) is 24.8 Å². The highest BCUT2D eigenvalue weighted by atomic mass is 35.5. The number of rotatable bonds is 3. The van der Waals surface area contributed by atoms with Gasteiger partial charge in [0, 0.05) is 6.42 Å². The number of anilines is 1. The van der Waals surface area contributed by atoms with Crippen molar-refractivity contribution >= 4 is 47.8 Å². The van der Waals surface area contributed by atoms with E-state index in [1.165, 1.54) is 6.92 Å². The minimum absolute atomic E-state index is 0. The summed E-state index contributed by atoms with van der Waals surface area (Å²) in [4.78, 5) is 17.9. The molecule has 2 rings (SSSR count). The van der Waals surface area contributed by atoms with Crippen LogP contribution in [0.25, 0.3) is 11.0 Å². The van der Waals surface area contributed by atoms with Crippen LogP contribution < -0.4 is 11.5 Å². The number of nitrogens with zero attached hydrogens (tertiary/aromatic N) is 1. The first-order valence-corrected chi connectivity index (χ1v) is 5.15. The number of aromatic amines is 1. The number of nitrogen functional groups attached to an aromatic ring is 1. The van der Waals surface area contributed by atoms with E-state index in [0.29, 0.717) is 11.5 Å². The molecule has 19 heavy (non-hydrogen) atoms. The van der Waals surface area contributed by atoms with Crippen molar-refractivity contribution in [2.75, 3.05) is 5.73 Å². The lowest BCUT2D eigenvalue weighted by Crippen LogP contribution is -2.46. The van der Waals surface area contributed by atoms with E-state index >= 15 is 0 Å². The van der Waals surface area contributed by atoms with Crippen LogP contribution in [0.2, 0.25) is 0 Å². The zero-order chi connectivity index (χ0) is 12.6. The van der Waals surface area contributed by atoms with Gasteiger partial charge in [-0.05, 0) is 24.6 Å². The van der Waals surface area contributed by atoms with Gasteiger partial charge in [0.1, 0.15) is 5.54 Å². The number of halogens is 2. The summed E-state index contributed by atoms with van der Waals surface area (Å²) in [7, 11) is 0. The van der Waals surface area contributed by atoms with Crippen molar-refractivity contribution in [3.63, 3.8) is 0 Å². The van der Waals surface area contributed by atoms with Crippen LogP contribution in [0.3, 0.4) is 0 Å². The quantitative estimate of drug-likeness (QED) is 0.682. The second kappa shape index (κ2) is 6.10. The van der Waals surface area contributed by atoms with Gasteiger partial charge in [-0.2, -0.15) is 0 Å². The van der Waals surface area contributed by atoms with Gasteiger partial charge in [0.2, 0.25) is 0 Å². The summed E-state index contributed by atoms with van der Waals surface area (Å²) in [5.41, 5.74) is 12.3. The maximum absolute atomic E-state index is 10.9. The van der Waals surface area contributed by atoms with E-state index in [1.54, 1.807) is 6.07 Å². The Bertz CT molecular complexity index is 583. The van der Waals surface area contributed by atoms with Gasteiger partial charge in [-0.3, -0.25) is 4.79 Å². The number of aromatic nitrogens is 2. The number of carbonyl (C=O) groups is 1. The first kappa shape index (κ1) is 17.5. The van der Waals surface area contributed by atoms with Crippen LogP contribution in [0.1, 0.15) is 12.5 Å². The van der Waals surface area contributed by atoms with Crippen LogP contribution in [-0.4, -0.2) is 26.6 Å². The lowest BCUT2D eigenvalue weighted by atomic mass is 9.94. The monoisotopic (exact) mass is 306 g/mol. The molecule has 0 fully saturated rings. The van der Waals surface area contributed by atoms with Crippen LogP contribution in [0.4, 0.5) is 5.95 Å². The van der Waals surface area contributed by atoms with E-state index in [4.69, 9.17) is 16.6 Å². The Morgan fingerprint density at radius 1 is 1.47 bits per heavy atom. The number of carboxylic acid groups (broad SMARTS) is 1. The molecule has 8 heteroatoms. The summed E-state index contributed by atoms with van der Waals surface area (Å²) in [5, 5.41) is 8.95. The highest BCUT2D eigenvalue weighted by Gasteiger charge is 2.28. The summed E-state index contributed by atoms with van der Waals surface area (Å²) >= 11 is 0. The molecule has 0 aliphatic rings. The van der Waals surface area contributed by atoms with E-state index in [-0.39, 0.29) is 31.2 Å². The zero-order valence-electron chi connectivity index (χ0n) is 10.2. The Kier molecular flexibility index (Phi) is 5.62. The van der Waals surface area contributed by atoms with E-state index in [9.17, 15) is 4.79 Å². The molecule has 106 valence electrons. The lowest BCUT2D eigenvalue weighted by molar-refractivity contribution is -0.142. The molecule has 6 N–H and O–H groups in total. The molecular formula is C11H16Cl2N4O2. The molecule has 1 aromatic heterocycles. The zero-order valence-corrected chi connectivity index (χ0v) is 11.8. The fourth-order valence-electron chi connectivity index (χ4n) is 1.68. The SMILES string of the molecule is C[C@](N)(Cc1ccc2[nH]c(N)nc2c1)C(=O)O.Cl.Cl. The van der Waals surface area contributed by atoms with E-state index in [0.717, 1.165) is 11.1 Å². The van der Waals surface area contributed by atoms with Gasteiger partial charge in [0.05, 0.1) is 11.0 Å². The van der Waals surface area contributed by atoms with Crippen molar-refractivity contribution in [1.82, 2.24) is 9.97 Å². The maximum Gasteiger partial charge on any atom is 0.323 e. The largest absolute Gasteiger partial charge is 0.480 e. The Morgan fingerprint density at radius 2 is 2.11 bits per heavy atom. The molecule has 0 bridgehead atoms. The second-order valence-corrected chi connectivity index (χ2v) is 4.37. The number of imidazole rings is 1. The molecule has 0 spiro atoms. The Morgan fingerprint density at radius 3 is 2.68 bits per heavy atom. The molecule has 1 atom stereocenters. The summed E-state index contributed by atoms with van der Waals surface area (Å²) in [6.45, 7) is 1.48. The number of nitrogens with one attached hydrogen (secondary N) is 1. The van der Waals surface area contributed by atoms with Gasteiger partial charge < -0.3 is 21.6 Å². The molecule has 0 saturated carbocycles. The smallest absolute Gasteiger partial charge is 0.323 e. The molecule has 2 aromatic rings. The Balaban J connectivity index is 0.00000162. The third kappa shape index (κ3) is 3.73. The summed E-state index contributed by atoms with van der Waals surface area (Å²) in [6.07, 6.45) is 0.241. The van der Waals surface area contributed by atoms with Crippen molar-refractivity contribution in [3.8, 4) is 0 Å². The van der Waals surface area contributed by atoms with E-state index in [2.05, 4.69) is 9.97 Å². The minimum Gasteiger partial charge on any atom is -0.480 e. The molecule has 0 aliphatic heterocycles. The number of nitrogens with two attached hydrogens (primary N) is 2. The molecule has 1 heterocycles. The number of H-pyrrole nitrogens is 1. The number of hydrogen-bond donors (Lipinski definition) is 4. The molecule has 6 nitrogen and oxygen atoms in total. The predicted octanol–water partition coefficient (Wildman–Crippen LogP) is 1.33. The van der Waals surface area contributed by atoms with Gasteiger partial charge in [-0.25, -0.2) is 4.98 Å². The topological polar surface area (TPSA) is 118 Å². The van der Waals surface area contributed by atoms with Crippen molar-refractivity contribution in [2.24, 2.45) is 5.73 Å². The van der Waals surface area contributed by atoms with Crippen LogP contribution in [-0.2, 0) is 11.2 Å². The average molecular weight is 307 g/mol.